The summed E-state index contributed by atoms with van der Waals surface area (Å²) in [7, 11) is 0. The van der Waals surface area contributed by atoms with Crippen LogP contribution in [0.5, 0.6) is 5.75 Å². The molecule has 2 amide bonds. The van der Waals surface area contributed by atoms with Crippen LogP contribution in [0.4, 0.5) is 14.9 Å². The monoisotopic (exact) mass is 417 g/mol. The van der Waals surface area contributed by atoms with E-state index in [1.807, 2.05) is 0 Å². The minimum atomic E-state index is -0.578. The van der Waals surface area contributed by atoms with Crippen LogP contribution in [0, 0.1) is 5.82 Å². The van der Waals surface area contributed by atoms with Crippen LogP contribution >= 0.6 is 11.6 Å². The molecule has 2 atom stereocenters. The van der Waals surface area contributed by atoms with E-state index in [-0.39, 0.29) is 40.5 Å². The second kappa shape index (κ2) is 7.06. The number of nitrogens with zero attached hydrogens (tertiary/aromatic N) is 1. The summed E-state index contributed by atoms with van der Waals surface area (Å²) >= 11 is 6.26. The summed E-state index contributed by atoms with van der Waals surface area (Å²) in [6.07, 6.45) is 7.06. The number of urea groups is 1. The van der Waals surface area contributed by atoms with Crippen molar-refractivity contribution < 1.29 is 13.9 Å². The molecular weight excluding hydrogens is 397 g/mol. The zero-order valence-corrected chi connectivity index (χ0v) is 16.5. The molecule has 3 aliphatic rings. The highest BCUT2D eigenvalue weighted by Crippen LogP contribution is 2.43. The van der Waals surface area contributed by atoms with Crippen LogP contribution in [0.2, 0.25) is 5.02 Å². The first-order valence-electron chi connectivity index (χ1n) is 9.96. The fourth-order valence-electron chi connectivity index (χ4n) is 4.52. The van der Waals surface area contributed by atoms with Crippen LogP contribution in [0.3, 0.4) is 0 Å². The summed E-state index contributed by atoms with van der Waals surface area (Å²) < 4.78 is 20.3. The van der Waals surface area contributed by atoms with E-state index in [4.69, 9.17) is 16.3 Å². The number of ether oxygens (including phenoxy) is 1. The maximum absolute atomic E-state index is 14.6. The summed E-state index contributed by atoms with van der Waals surface area (Å²) in [5.41, 5.74) is 1.84. The lowest BCUT2D eigenvalue weighted by molar-refractivity contribution is 0.120. The number of H-pyrrole nitrogens is 1. The normalized spacial score (nSPS) is 22.8. The van der Waals surface area contributed by atoms with Gasteiger partial charge in [-0.05, 0) is 55.7 Å². The van der Waals surface area contributed by atoms with Crippen molar-refractivity contribution in [2.24, 2.45) is 0 Å². The molecule has 8 heteroatoms. The van der Waals surface area contributed by atoms with Crippen molar-refractivity contribution in [2.45, 2.75) is 56.7 Å². The molecule has 2 aromatic rings. The molecule has 1 aromatic carbocycles. The van der Waals surface area contributed by atoms with Gasteiger partial charge in [0, 0.05) is 24.4 Å². The third-order valence-electron chi connectivity index (χ3n) is 6.21. The van der Waals surface area contributed by atoms with Gasteiger partial charge in [0.1, 0.15) is 5.75 Å². The summed E-state index contributed by atoms with van der Waals surface area (Å²) in [5.74, 6) is -0.269. The number of amides is 2. The van der Waals surface area contributed by atoms with E-state index < -0.39 is 5.82 Å². The van der Waals surface area contributed by atoms with Crippen LogP contribution < -0.4 is 15.6 Å². The van der Waals surface area contributed by atoms with E-state index in [1.165, 1.54) is 12.1 Å². The first-order chi connectivity index (χ1) is 14.0. The first-order valence-corrected chi connectivity index (χ1v) is 10.3. The smallest absolute Gasteiger partial charge is 0.322 e. The van der Waals surface area contributed by atoms with Crippen molar-refractivity contribution >= 4 is 23.3 Å². The van der Waals surface area contributed by atoms with Crippen LogP contribution in [0.25, 0.3) is 0 Å². The molecule has 1 saturated heterocycles. The average Bonchev–Trinajstić information content (AvgIpc) is 2.97. The minimum Gasteiger partial charge on any atom is -0.489 e. The lowest BCUT2D eigenvalue weighted by Crippen LogP contribution is -2.44. The molecule has 1 aromatic heterocycles. The number of hydrogen-bond donors (Lipinski definition) is 2. The highest BCUT2D eigenvalue weighted by Gasteiger charge is 2.43. The van der Waals surface area contributed by atoms with Crippen molar-refractivity contribution in [3.63, 3.8) is 0 Å². The molecule has 29 heavy (non-hydrogen) atoms. The number of pyridine rings is 1. The second-order valence-corrected chi connectivity index (χ2v) is 8.41. The predicted molar refractivity (Wildman–Crippen MR) is 107 cm³/mol. The van der Waals surface area contributed by atoms with Crippen molar-refractivity contribution in [3.05, 3.63) is 56.7 Å². The maximum atomic E-state index is 14.6. The fourth-order valence-corrected chi connectivity index (χ4v) is 4.73. The number of halogens is 2. The van der Waals surface area contributed by atoms with Crippen molar-refractivity contribution in [1.82, 2.24) is 9.88 Å². The molecule has 152 valence electrons. The third-order valence-corrected chi connectivity index (χ3v) is 6.50. The number of benzene rings is 1. The van der Waals surface area contributed by atoms with E-state index in [2.05, 4.69) is 10.3 Å². The van der Waals surface area contributed by atoms with Crippen molar-refractivity contribution in [3.8, 4) is 5.75 Å². The molecule has 3 heterocycles. The van der Waals surface area contributed by atoms with Gasteiger partial charge in [-0.3, -0.25) is 4.79 Å². The predicted octanol–water partition coefficient (Wildman–Crippen LogP) is 4.39. The zero-order valence-electron chi connectivity index (χ0n) is 15.7. The Kier molecular flexibility index (Phi) is 4.50. The molecule has 1 aliphatic carbocycles. The number of hydrogen-bond acceptors (Lipinski definition) is 3. The molecule has 0 unspecified atom stereocenters. The minimum absolute atomic E-state index is 0.00550. The lowest BCUT2D eigenvalue weighted by Gasteiger charge is -2.36. The maximum Gasteiger partial charge on any atom is 0.322 e. The Bertz CT molecular complexity index is 1040. The number of anilines is 1. The van der Waals surface area contributed by atoms with Gasteiger partial charge in [0.2, 0.25) is 5.56 Å². The van der Waals surface area contributed by atoms with Gasteiger partial charge in [0.05, 0.1) is 22.9 Å². The van der Waals surface area contributed by atoms with E-state index in [0.717, 1.165) is 43.2 Å². The van der Waals surface area contributed by atoms with E-state index in [1.54, 1.807) is 17.2 Å². The Balaban J connectivity index is 1.36. The van der Waals surface area contributed by atoms with Crippen molar-refractivity contribution in [1.29, 1.82) is 0 Å². The quantitative estimate of drug-likeness (QED) is 0.777. The number of aromatic amines is 1. The zero-order chi connectivity index (χ0) is 20.1. The topological polar surface area (TPSA) is 74.4 Å². The van der Waals surface area contributed by atoms with E-state index in [9.17, 15) is 14.0 Å². The number of carbonyl (C=O) groups is 1. The van der Waals surface area contributed by atoms with Crippen molar-refractivity contribution in [2.75, 3.05) is 5.32 Å². The summed E-state index contributed by atoms with van der Waals surface area (Å²) in [6.45, 7) is 0. The van der Waals surface area contributed by atoms with Gasteiger partial charge in [-0.2, -0.15) is 0 Å². The highest BCUT2D eigenvalue weighted by molar-refractivity contribution is 6.32. The largest absolute Gasteiger partial charge is 0.489 e. The van der Waals surface area contributed by atoms with Gasteiger partial charge < -0.3 is 19.9 Å². The van der Waals surface area contributed by atoms with Gasteiger partial charge >= 0.3 is 6.03 Å². The number of nitrogens with one attached hydrogen (secondary N) is 2. The molecule has 0 spiro atoms. The number of carbonyl (C=O) groups excluding carboxylic acids is 1. The number of aromatic nitrogens is 1. The Labute approximate surface area is 172 Å². The van der Waals surface area contributed by atoms with Crippen LogP contribution in [-0.4, -0.2) is 28.1 Å². The molecule has 6 nitrogen and oxygen atoms in total. The standard InChI is InChI=1S/C21H21ClFN3O3/c22-15-8-17(16(23)9-19(15)29-13-2-1-3-13)25-21(28)26-12-4-5-18(26)14-10-24-20(27)7-11(14)6-12/h7-10,12-13,18H,1-6H2,(H,24,27)(H,25,28)/t12-,18+/m0/s1. The lowest BCUT2D eigenvalue weighted by atomic mass is 9.95. The molecular formula is C21H21ClFN3O3. The van der Waals surface area contributed by atoms with E-state index in [0.29, 0.717) is 12.2 Å². The molecule has 2 N–H and O–H groups in total. The van der Waals surface area contributed by atoms with Gasteiger partial charge in [0.15, 0.2) is 5.82 Å². The molecule has 2 aliphatic heterocycles. The second-order valence-electron chi connectivity index (χ2n) is 8.00. The van der Waals surface area contributed by atoms with Crippen LogP contribution in [0.15, 0.2) is 29.2 Å². The Morgan fingerprint density at radius 2 is 2.07 bits per heavy atom. The fraction of sp³-hybridized carbons (Fsp3) is 0.429. The average molecular weight is 418 g/mol. The van der Waals surface area contributed by atoms with Crippen LogP contribution in [0.1, 0.15) is 49.3 Å². The molecule has 0 radical (unpaired) electrons. The Morgan fingerprint density at radius 3 is 2.83 bits per heavy atom. The summed E-state index contributed by atoms with van der Waals surface area (Å²) in [4.78, 5) is 29.0. The Hall–Kier alpha value is -2.54. The molecule has 1 saturated carbocycles. The number of rotatable bonds is 3. The molecule has 2 fully saturated rings. The number of fused-ring (bicyclic) bond motifs is 4. The van der Waals surface area contributed by atoms with Gasteiger partial charge in [0.25, 0.3) is 0 Å². The molecule has 5 rings (SSSR count). The van der Waals surface area contributed by atoms with Gasteiger partial charge in [-0.15, -0.1) is 0 Å². The first kappa shape index (κ1) is 18.5. The summed E-state index contributed by atoms with van der Waals surface area (Å²) in [6, 6.07) is 3.75. The van der Waals surface area contributed by atoms with E-state index >= 15 is 0 Å². The molecule has 2 bridgehead atoms. The SMILES string of the molecule is O=C(Nc1cc(Cl)c(OC2CCC2)cc1F)N1[C@H]2CC[C@@H]1c1c[nH]c(=O)cc1C2. The van der Waals surface area contributed by atoms with Gasteiger partial charge in [-0.25, -0.2) is 9.18 Å². The van der Waals surface area contributed by atoms with Gasteiger partial charge in [-0.1, -0.05) is 11.6 Å². The summed E-state index contributed by atoms with van der Waals surface area (Å²) in [5, 5.41) is 2.95. The van der Waals surface area contributed by atoms with Crippen LogP contribution in [-0.2, 0) is 6.42 Å². The Morgan fingerprint density at radius 1 is 1.24 bits per heavy atom. The third kappa shape index (κ3) is 3.27. The highest BCUT2D eigenvalue weighted by atomic mass is 35.5.